The number of hydrogen-bond donors (Lipinski definition) is 0. The third kappa shape index (κ3) is 3.29. The molecule has 0 amide bonds. The number of hydrogen-bond acceptors (Lipinski definition) is 4. The number of Topliss-reactive ketones (excluding diaryl/α,β-unsaturated/α-hetero) is 1. The van der Waals surface area contributed by atoms with E-state index >= 15 is 0 Å². The maximum Gasteiger partial charge on any atom is 0.231 e. The van der Waals surface area contributed by atoms with E-state index in [0.717, 1.165) is 53.3 Å². The lowest BCUT2D eigenvalue weighted by molar-refractivity contribution is -0.120. The number of fused-ring (bicyclic) bond motifs is 1. The van der Waals surface area contributed by atoms with Gasteiger partial charge in [-0.2, -0.15) is 0 Å². The average Bonchev–Trinajstić information content (AvgIpc) is 3.45. The summed E-state index contributed by atoms with van der Waals surface area (Å²) in [5, 5.41) is 0. The first-order valence-corrected chi connectivity index (χ1v) is 10.2. The number of ether oxygens (including phenoxy) is 2. The topological polar surface area (TPSA) is 48.4 Å². The molecule has 3 aromatic rings. The molecule has 4 nitrogen and oxygen atoms in total. The molecule has 0 bridgehead atoms. The number of rotatable bonds is 6. The molecule has 29 heavy (non-hydrogen) atoms. The van der Waals surface area contributed by atoms with Crippen LogP contribution in [0.5, 0.6) is 11.5 Å². The number of nitrogens with zero attached hydrogens (tertiary/aromatic N) is 1. The molecular formula is C25H23NO3. The molecule has 0 radical (unpaired) electrons. The zero-order valence-corrected chi connectivity index (χ0v) is 16.5. The van der Waals surface area contributed by atoms with Crippen LogP contribution in [0.25, 0.3) is 11.3 Å². The number of pyridine rings is 1. The largest absolute Gasteiger partial charge is 0.454 e. The summed E-state index contributed by atoms with van der Waals surface area (Å²) >= 11 is 0. The van der Waals surface area contributed by atoms with Crippen LogP contribution in [0.2, 0.25) is 0 Å². The van der Waals surface area contributed by atoms with Crippen molar-refractivity contribution in [2.75, 3.05) is 6.79 Å². The Morgan fingerprint density at radius 2 is 1.79 bits per heavy atom. The van der Waals surface area contributed by atoms with Crippen LogP contribution in [-0.2, 0) is 23.1 Å². The summed E-state index contributed by atoms with van der Waals surface area (Å²) in [6.45, 7) is 2.39. The van der Waals surface area contributed by atoms with Gasteiger partial charge in [0, 0.05) is 17.7 Å². The molecule has 1 fully saturated rings. The average molecular weight is 385 g/mol. The molecule has 0 atom stereocenters. The van der Waals surface area contributed by atoms with E-state index in [1.807, 2.05) is 36.4 Å². The molecular weight excluding hydrogens is 362 g/mol. The van der Waals surface area contributed by atoms with Crippen molar-refractivity contribution >= 4 is 5.78 Å². The quantitative estimate of drug-likeness (QED) is 0.607. The molecule has 0 spiro atoms. The molecule has 0 N–H and O–H groups in total. The fourth-order valence-electron chi connectivity index (χ4n) is 4.03. The fourth-order valence-corrected chi connectivity index (χ4v) is 4.03. The van der Waals surface area contributed by atoms with Crippen molar-refractivity contribution in [1.29, 1.82) is 0 Å². The van der Waals surface area contributed by atoms with Crippen molar-refractivity contribution in [2.24, 2.45) is 0 Å². The van der Waals surface area contributed by atoms with Crippen molar-refractivity contribution < 1.29 is 14.3 Å². The van der Waals surface area contributed by atoms with Crippen LogP contribution in [0, 0.1) is 0 Å². The molecule has 4 heteroatoms. The van der Waals surface area contributed by atoms with Gasteiger partial charge in [0.2, 0.25) is 6.79 Å². The second-order valence-corrected chi connectivity index (χ2v) is 7.81. The standard InChI is InChI=1S/C25H23NO3/c1-2-17-6-8-18(9-7-17)21-5-3-4-20(26-21)15-24(27)25(12-13-25)19-10-11-22-23(14-19)29-16-28-22/h3-11,14H,2,12-13,15-16H2,1H3. The van der Waals surface area contributed by atoms with Gasteiger partial charge in [-0.1, -0.05) is 43.3 Å². The zero-order chi connectivity index (χ0) is 19.8. The van der Waals surface area contributed by atoms with Gasteiger partial charge in [-0.05, 0) is 54.7 Å². The molecule has 1 aliphatic heterocycles. The van der Waals surface area contributed by atoms with Gasteiger partial charge in [0.1, 0.15) is 5.78 Å². The van der Waals surface area contributed by atoms with E-state index in [1.165, 1.54) is 5.56 Å². The van der Waals surface area contributed by atoms with Crippen LogP contribution in [0.3, 0.4) is 0 Å². The minimum atomic E-state index is -0.401. The Morgan fingerprint density at radius 1 is 1.00 bits per heavy atom. The molecule has 5 rings (SSSR count). The van der Waals surface area contributed by atoms with Gasteiger partial charge in [0.25, 0.3) is 0 Å². The Kier molecular flexibility index (Phi) is 4.35. The summed E-state index contributed by atoms with van der Waals surface area (Å²) in [6, 6.07) is 20.3. The maximum atomic E-state index is 13.2. The van der Waals surface area contributed by atoms with Crippen molar-refractivity contribution in [1.82, 2.24) is 4.98 Å². The van der Waals surface area contributed by atoms with Crippen molar-refractivity contribution in [3.63, 3.8) is 0 Å². The molecule has 1 aliphatic carbocycles. The van der Waals surface area contributed by atoms with E-state index in [4.69, 9.17) is 14.5 Å². The molecule has 0 saturated heterocycles. The van der Waals surface area contributed by atoms with E-state index in [2.05, 4.69) is 31.2 Å². The van der Waals surface area contributed by atoms with Crippen molar-refractivity contribution in [2.45, 2.75) is 38.0 Å². The number of carbonyl (C=O) groups is 1. The molecule has 146 valence electrons. The Bertz CT molecular complexity index is 1070. The SMILES string of the molecule is CCc1ccc(-c2cccc(CC(=O)C3(c4ccc5c(c4)OCO5)CC3)n2)cc1. The van der Waals surface area contributed by atoms with Crippen LogP contribution >= 0.6 is 0 Å². The summed E-state index contributed by atoms with van der Waals surface area (Å²) in [4.78, 5) is 18.0. The molecule has 1 saturated carbocycles. The second-order valence-electron chi connectivity index (χ2n) is 7.81. The van der Waals surface area contributed by atoms with E-state index in [1.54, 1.807) is 0 Å². The number of aromatic nitrogens is 1. The monoisotopic (exact) mass is 385 g/mol. The third-order valence-corrected chi connectivity index (χ3v) is 6.02. The molecule has 2 heterocycles. The van der Waals surface area contributed by atoms with Gasteiger partial charge < -0.3 is 9.47 Å². The highest BCUT2D eigenvalue weighted by atomic mass is 16.7. The number of aryl methyl sites for hydroxylation is 1. The number of carbonyl (C=O) groups excluding carboxylic acids is 1. The van der Waals surface area contributed by atoms with Crippen LogP contribution in [0.15, 0.2) is 60.7 Å². The first-order chi connectivity index (χ1) is 14.2. The lowest BCUT2D eigenvalue weighted by Crippen LogP contribution is -2.23. The predicted molar refractivity (Wildman–Crippen MR) is 111 cm³/mol. The van der Waals surface area contributed by atoms with Gasteiger partial charge in [0.15, 0.2) is 11.5 Å². The maximum absolute atomic E-state index is 13.2. The van der Waals surface area contributed by atoms with E-state index in [9.17, 15) is 4.79 Å². The Balaban J connectivity index is 1.37. The smallest absolute Gasteiger partial charge is 0.231 e. The molecule has 0 unspecified atom stereocenters. The minimum Gasteiger partial charge on any atom is -0.454 e. The zero-order valence-electron chi connectivity index (χ0n) is 16.5. The van der Waals surface area contributed by atoms with Crippen LogP contribution in [0.4, 0.5) is 0 Å². The predicted octanol–water partition coefficient (Wildman–Crippen LogP) is 4.88. The van der Waals surface area contributed by atoms with Gasteiger partial charge in [-0.15, -0.1) is 0 Å². The van der Waals surface area contributed by atoms with Gasteiger partial charge in [-0.25, -0.2) is 0 Å². The Morgan fingerprint density at radius 3 is 2.55 bits per heavy atom. The van der Waals surface area contributed by atoms with Crippen molar-refractivity contribution in [3.8, 4) is 22.8 Å². The summed E-state index contributed by atoms with van der Waals surface area (Å²) in [6.07, 6.45) is 3.12. The van der Waals surface area contributed by atoms with E-state index in [0.29, 0.717) is 6.42 Å². The highest BCUT2D eigenvalue weighted by molar-refractivity contribution is 5.94. The van der Waals surface area contributed by atoms with E-state index in [-0.39, 0.29) is 12.6 Å². The first kappa shape index (κ1) is 17.9. The molecule has 1 aromatic heterocycles. The first-order valence-electron chi connectivity index (χ1n) is 10.2. The van der Waals surface area contributed by atoms with Gasteiger partial charge in [0.05, 0.1) is 11.1 Å². The highest BCUT2D eigenvalue weighted by Gasteiger charge is 2.50. The lowest BCUT2D eigenvalue weighted by Gasteiger charge is -2.15. The normalized spacial score (nSPS) is 15.9. The van der Waals surface area contributed by atoms with Gasteiger partial charge >= 0.3 is 0 Å². The van der Waals surface area contributed by atoms with E-state index < -0.39 is 5.41 Å². The van der Waals surface area contributed by atoms with Crippen molar-refractivity contribution in [3.05, 3.63) is 77.5 Å². The summed E-state index contributed by atoms with van der Waals surface area (Å²) < 4.78 is 10.9. The summed E-state index contributed by atoms with van der Waals surface area (Å²) in [5.41, 5.74) is 4.73. The minimum absolute atomic E-state index is 0.224. The fraction of sp³-hybridized carbons (Fsp3) is 0.280. The lowest BCUT2D eigenvalue weighted by atomic mass is 9.88. The third-order valence-electron chi connectivity index (χ3n) is 6.02. The van der Waals surface area contributed by atoms with Crippen LogP contribution in [0.1, 0.15) is 36.6 Å². The summed E-state index contributed by atoms with van der Waals surface area (Å²) in [5.74, 6) is 1.71. The Labute approximate surface area is 170 Å². The summed E-state index contributed by atoms with van der Waals surface area (Å²) in [7, 11) is 0. The van der Waals surface area contributed by atoms with Gasteiger partial charge in [-0.3, -0.25) is 9.78 Å². The number of ketones is 1. The van der Waals surface area contributed by atoms with Crippen LogP contribution < -0.4 is 9.47 Å². The molecule has 2 aliphatic rings. The highest BCUT2D eigenvalue weighted by Crippen LogP contribution is 2.51. The van der Waals surface area contributed by atoms with Crippen LogP contribution in [-0.4, -0.2) is 17.6 Å². The number of benzene rings is 2. The Hall–Kier alpha value is -3.14. The molecule has 2 aromatic carbocycles. The second kappa shape index (κ2) is 7.03.